The van der Waals surface area contributed by atoms with Crippen LogP contribution in [0.25, 0.3) is 0 Å². The lowest BCUT2D eigenvalue weighted by molar-refractivity contribution is -0.151. The van der Waals surface area contributed by atoms with E-state index in [1.54, 1.807) is 0 Å². The number of ether oxygens (including phenoxy) is 7. The van der Waals surface area contributed by atoms with Crippen molar-refractivity contribution in [2.24, 2.45) is 5.92 Å². The number of aliphatic carboxylic acids is 1. The summed E-state index contributed by atoms with van der Waals surface area (Å²) in [6.07, 6.45) is -0.447. The van der Waals surface area contributed by atoms with Gasteiger partial charge >= 0.3 is 23.9 Å². The number of hydrogen-bond donors (Lipinski definition) is 1. The van der Waals surface area contributed by atoms with Gasteiger partial charge in [-0.2, -0.15) is 0 Å². The lowest BCUT2D eigenvalue weighted by Gasteiger charge is -2.16. The van der Waals surface area contributed by atoms with E-state index in [0.717, 1.165) is 18.2 Å². The molecule has 12 nitrogen and oxygen atoms in total. The normalized spacial score (nSPS) is 37.2. The Morgan fingerprint density at radius 2 is 1.00 bits per heavy atom. The van der Waals surface area contributed by atoms with E-state index in [1.807, 2.05) is 6.92 Å². The summed E-state index contributed by atoms with van der Waals surface area (Å²) in [5.74, 6) is -3.42. The number of carboxylic acids is 1. The molecule has 1 N–H and O–H groups in total. The van der Waals surface area contributed by atoms with Crippen LogP contribution >= 0.6 is 0 Å². The highest BCUT2D eigenvalue weighted by molar-refractivity contribution is 5.92. The highest BCUT2D eigenvalue weighted by atomic mass is 16.7. The molecule has 4 rings (SSSR count). The van der Waals surface area contributed by atoms with Gasteiger partial charge in [0.05, 0.1) is 32.5 Å². The predicted molar refractivity (Wildman–Crippen MR) is 104 cm³/mol. The van der Waals surface area contributed by atoms with E-state index in [1.165, 1.54) is 0 Å². The maximum atomic E-state index is 12.1. The van der Waals surface area contributed by atoms with Crippen molar-refractivity contribution in [3.63, 3.8) is 0 Å². The van der Waals surface area contributed by atoms with Crippen molar-refractivity contribution in [2.45, 2.75) is 49.7 Å². The third-order valence-electron chi connectivity index (χ3n) is 5.74. The second-order valence-electron chi connectivity index (χ2n) is 8.10. The molecule has 0 amide bonds. The van der Waals surface area contributed by atoms with E-state index in [-0.39, 0.29) is 37.9 Å². The largest absolute Gasteiger partial charge is 0.478 e. The van der Waals surface area contributed by atoms with Crippen molar-refractivity contribution in [2.75, 3.05) is 26.4 Å². The summed E-state index contributed by atoms with van der Waals surface area (Å²) in [4.78, 5) is 46.3. The molecule has 4 saturated heterocycles. The number of esters is 3. The number of rotatable bonds is 7. The molecule has 0 aromatic carbocycles. The van der Waals surface area contributed by atoms with Crippen molar-refractivity contribution in [1.29, 1.82) is 0 Å². The van der Waals surface area contributed by atoms with Crippen LogP contribution in [0.1, 0.15) is 6.92 Å². The molecule has 0 aliphatic carbocycles. The topological polar surface area (TPSA) is 153 Å². The number of carbonyl (C=O) groups is 4. The van der Waals surface area contributed by atoms with Crippen LogP contribution in [0.2, 0.25) is 0 Å². The molecule has 4 aliphatic rings. The Hall–Kier alpha value is -2.80. The Morgan fingerprint density at radius 3 is 1.45 bits per heavy atom. The Morgan fingerprint density at radius 1 is 0.636 bits per heavy atom. The molecule has 4 heterocycles. The van der Waals surface area contributed by atoms with Crippen molar-refractivity contribution >= 4 is 23.9 Å². The van der Waals surface area contributed by atoms with E-state index in [9.17, 15) is 19.2 Å². The standard InChI is InChI=1S/C21H24O12/c1-10-6-27-19-11(7-28-18(10)19)31-16(25)4-5-17(26)33-13-9-30-20-12(8-29-21(13)20)32-15(24)3-2-14(22)23/h2-5,10-13,18-21H,6-9H2,1H3,(H,22,23)/b3-2+,5-4+/t10-,11-,12-,13-,18-,19-,20-,21-/m1/s1. The molecule has 4 aliphatic heterocycles. The Balaban J connectivity index is 1.22. The average Bonchev–Trinajstić information content (AvgIpc) is 3.52. The zero-order chi connectivity index (χ0) is 23.5. The van der Waals surface area contributed by atoms with Gasteiger partial charge in [0.25, 0.3) is 0 Å². The van der Waals surface area contributed by atoms with Crippen LogP contribution in [-0.2, 0) is 52.3 Å². The van der Waals surface area contributed by atoms with Gasteiger partial charge in [0.15, 0.2) is 18.3 Å². The summed E-state index contributed by atoms with van der Waals surface area (Å²) < 4.78 is 38.0. The van der Waals surface area contributed by atoms with Crippen LogP contribution in [0.15, 0.2) is 24.3 Å². The predicted octanol–water partition coefficient (Wildman–Crippen LogP) is -0.850. The molecule has 0 bridgehead atoms. The lowest BCUT2D eigenvalue weighted by atomic mass is 10.0. The zero-order valence-electron chi connectivity index (χ0n) is 17.7. The van der Waals surface area contributed by atoms with Crippen molar-refractivity contribution < 1.29 is 57.4 Å². The van der Waals surface area contributed by atoms with Gasteiger partial charge in [-0.15, -0.1) is 0 Å². The van der Waals surface area contributed by atoms with Gasteiger partial charge in [0.2, 0.25) is 0 Å². The van der Waals surface area contributed by atoms with Gasteiger partial charge in [0, 0.05) is 30.2 Å². The average molecular weight is 468 g/mol. The zero-order valence-corrected chi connectivity index (χ0v) is 17.7. The first-order chi connectivity index (χ1) is 15.8. The van der Waals surface area contributed by atoms with E-state index in [4.69, 9.17) is 38.3 Å². The Kier molecular flexibility index (Phi) is 7.08. The molecule has 4 fully saturated rings. The fraction of sp³-hybridized carbons (Fsp3) is 0.619. The quantitative estimate of drug-likeness (QED) is 0.281. The fourth-order valence-electron chi connectivity index (χ4n) is 4.23. The molecular weight excluding hydrogens is 444 g/mol. The lowest BCUT2D eigenvalue weighted by Crippen LogP contribution is -2.35. The number of carbonyl (C=O) groups excluding carboxylic acids is 3. The van der Waals surface area contributed by atoms with Crippen molar-refractivity contribution in [3.8, 4) is 0 Å². The maximum absolute atomic E-state index is 12.1. The molecule has 0 radical (unpaired) electrons. The molecular formula is C21H24O12. The van der Waals surface area contributed by atoms with Crippen LogP contribution in [0.3, 0.4) is 0 Å². The highest BCUT2D eigenvalue weighted by Crippen LogP contribution is 2.32. The van der Waals surface area contributed by atoms with E-state index < -0.39 is 54.4 Å². The smallest absolute Gasteiger partial charge is 0.331 e. The Bertz CT molecular complexity index is 850. The summed E-state index contributed by atoms with van der Waals surface area (Å²) in [5.41, 5.74) is 0. The first-order valence-corrected chi connectivity index (χ1v) is 10.5. The van der Waals surface area contributed by atoms with E-state index >= 15 is 0 Å². The minimum Gasteiger partial charge on any atom is -0.478 e. The van der Waals surface area contributed by atoms with Crippen LogP contribution in [0.5, 0.6) is 0 Å². The van der Waals surface area contributed by atoms with Gasteiger partial charge in [-0.25, -0.2) is 19.2 Å². The van der Waals surface area contributed by atoms with Crippen LogP contribution < -0.4 is 0 Å². The second kappa shape index (κ2) is 10.00. The molecule has 0 spiro atoms. The van der Waals surface area contributed by atoms with Crippen molar-refractivity contribution in [3.05, 3.63) is 24.3 Å². The van der Waals surface area contributed by atoms with Gasteiger partial charge < -0.3 is 38.3 Å². The third-order valence-corrected chi connectivity index (χ3v) is 5.74. The van der Waals surface area contributed by atoms with E-state index in [0.29, 0.717) is 12.7 Å². The van der Waals surface area contributed by atoms with Crippen LogP contribution in [0, 0.1) is 5.92 Å². The summed E-state index contributed by atoms with van der Waals surface area (Å²) >= 11 is 0. The third kappa shape index (κ3) is 5.41. The van der Waals surface area contributed by atoms with Gasteiger partial charge in [-0.05, 0) is 0 Å². The first-order valence-electron chi connectivity index (χ1n) is 10.5. The first kappa shape index (κ1) is 23.4. The van der Waals surface area contributed by atoms with Crippen LogP contribution in [0.4, 0.5) is 0 Å². The van der Waals surface area contributed by atoms with Crippen molar-refractivity contribution in [1.82, 2.24) is 0 Å². The molecule has 0 aromatic heterocycles. The minimum absolute atomic E-state index is 0.00447. The fourth-order valence-corrected chi connectivity index (χ4v) is 4.23. The molecule has 12 heteroatoms. The maximum Gasteiger partial charge on any atom is 0.331 e. The van der Waals surface area contributed by atoms with Gasteiger partial charge in [-0.3, -0.25) is 0 Å². The summed E-state index contributed by atoms with van der Waals surface area (Å²) in [7, 11) is 0. The van der Waals surface area contributed by atoms with Crippen LogP contribution in [-0.4, -0.2) is 98.1 Å². The highest BCUT2D eigenvalue weighted by Gasteiger charge is 2.51. The summed E-state index contributed by atoms with van der Waals surface area (Å²) in [5, 5.41) is 8.55. The minimum atomic E-state index is -1.28. The van der Waals surface area contributed by atoms with Gasteiger partial charge in [0.1, 0.15) is 18.3 Å². The molecule has 180 valence electrons. The SMILES string of the molecule is C[C@@H]1CO[C@H]2[C@@H]1OC[C@H]2OC(=O)/C=C/C(=O)O[C@@H]1CO[C@H]2[C@@H]1OC[C@H]2OC(=O)/C=C/C(=O)O. The second-order valence-corrected chi connectivity index (χ2v) is 8.10. The number of hydrogen-bond acceptors (Lipinski definition) is 11. The number of carboxylic acid groups (broad SMARTS) is 1. The summed E-state index contributed by atoms with van der Waals surface area (Å²) in [6, 6.07) is 0. The molecule has 0 aromatic rings. The molecule has 0 saturated carbocycles. The summed E-state index contributed by atoms with van der Waals surface area (Å²) in [6.45, 7) is 2.79. The molecule has 8 atom stereocenters. The number of fused-ring (bicyclic) bond motifs is 2. The van der Waals surface area contributed by atoms with E-state index in [2.05, 4.69) is 0 Å². The Labute approximate surface area is 188 Å². The van der Waals surface area contributed by atoms with Gasteiger partial charge in [-0.1, -0.05) is 6.92 Å². The monoisotopic (exact) mass is 468 g/mol. The molecule has 0 unspecified atom stereocenters. The molecule has 33 heavy (non-hydrogen) atoms.